The van der Waals surface area contributed by atoms with Gasteiger partial charge in [-0.2, -0.15) is 11.8 Å². The first-order chi connectivity index (χ1) is 8.83. The van der Waals surface area contributed by atoms with Crippen LogP contribution in [0.4, 0.5) is 0 Å². The molecule has 0 aromatic rings. The van der Waals surface area contributed by atoms with Gasteiger partial charge in [0, 0.05) is 19.0 Å². The van der Waals surface area contributed by atoms with Gasteiger partial charge in [-0.05, 0) is 43.8 Å². The lowest BCUT2D eigenvalue weighted by Gasteiger charge is -2.42. The SMILES string of the molecule is NNC(C1CCOC2(CCSC2)C1)C1CCCO1. The number of hydrogen-bond acceptors (Lipinski definition) is 5. The van der Waals surface area contributed by atoms with E-state index in [0.717, 1.165) is 38.2 Å². The second-order valence-corrected chi connectivity index (χ2v) is 6.94. The molecule has 0 amide bonds. The van der Waals surface area contributed by atoms with E-state index in [1.54, 1.807) is 0 Å². The first-order valence-electron chi connectivity index (χ1n) is 7.12. The number of thioether (sulfide) groups is 1. The molecule has 0 aliphatic carbocycles. The van der Waals surface area contributed by atoms with Crippen LogP contribution in [0.5, 0.6) is 0 Å². The molecule has 3 aliphatic heterocycles. The molecule has 3 rings (SSSR count). The van der Waals surface area contributed by atoms with Gasteiger partial charge in [0.25, 0.3) is 0 Å². The Morgan fingerprint density at radius 1 is 1.33 bits per heavy atom. The van der Waals surface area contributed by atoms with E-state index >= 15 is 0 Å². The van der Waals surface area contributed by atoms with Gasteiger partial charge in [0.15, 0.2) is 0 Å². The van der Waals surface area contributed by atoms with Gasteiger partial charge < -0.3 is 9.47 Å². The minimum absolute atomic E-state index is 0.140. The van der Waals surface area contributed by atoms with Crippen LogP contribution >= 0.6 is 11.8 Å². The van der Waals surface area contributed by atoms with Crippen LogP contribution < -0.4 is 11.3 Å². The number of hydrazine groups is 1. The molecule has 0 saturated carbocycles. The minimum atomic E-state index is 0.140. The average Bonchev–Trinajstić information content (AvgIpc) is 3.03. The van der Waals surface area contributed by atoms with Crippen molar-refractivity contribution in [3.05, 3.63) is 0 Å². The molecule has 3 heterocycles. The maximum Gasteiger partial charge on any atom is 0.0783 e. The third-order valence-corrected chi connectivity index (χ3v) is 5.89. The van der Waals surface area contributed by atoms with Crippen molar-refractivity contribution in [3.8, 4) is 0 Å². The molecule has 3 fully saturated rings. The molecule has 0 bridgehead atoms. The van der Waals surface area contributed by atoms with Crippen molar-refractivity contribution in [1.82, 2.24) is 5.43 Å². The van der Waals surface area contributed by atoms with Crippen LogP contribution in [0.3, 0.4) is 0 Å². The molecular formula is C13H24N2O2S. The fourth-order valence-corrected chi connectivity index (χ4v) is 5.05. The smallest absolute Gasteiger partial charge is 0.0783 e. The zero-order valence-corrected chi connectivity index (χ0v) is 11.7. The lowest BCUT2D eigenvalue weighted by molar-refractivity contribution is -0.0939. The number of nitrogens with two attached hydrogens (primary N) is 1. The van der Waals surface area contributed by atoms with Gasteiger partial charge in [-0.15, -0.1) is 0 Å². The standard InChI is InChI=1S/C13H24N2O2S/c14-15-12(11-2-1-5-16-11)10-3-6-17-13(8-10)4-7-18-9-13/h10-12,15H,1-9,14H2. The Labute approximate surface area is 113 Å². The van der Waals surface area contributed by atoms with Crippen LogP contribution in [-0.4, -0.2) is 42.5 Å². The van der Waals surface area contributed by atoms with E-state index in [-0.39, 0.29) is 5.60 Å². The largest absolute Gasteiger partial charge is 0.377 e. The summed E-state index contributed by atoms with van der Waals surface area (Å²) >= 11 is 2.03. The highest BCUT2D eigenvalue weighted by molar-refractivity contribution is 7.99. The van der Waals surface area contributed by atoms with Gasteiger partial charge in [-0.25, -0.2) is 0 Å². The summed E-state index contributed by atoms with van der Waals surface area (Å²) in [4.78, 5) is 0. The van der Waals surface area contributed by atoms with Gasteiger partial charge in [0.1, 0.15) is 0 Å². The number of nitrogens with one attached hydrogen (secondary N) is 1. The van der Waals surface area contributed by atoms with E-state index in [0.29, 0.717) is 18.1 Å². The van der Waals surface area contributed by atoms with Crippen molar-refractivity contribution in [1.29, 1.82) is 0 Å². The van der Waals surface area contributed by atoms with Crippen LogP contribution in [-0.2, 0) is 9.47 Å². The van der Waals surface area contributed by atoms with Gasteiger partial charge in [-0.3, -0.25) is 11.3 Å². The van der Waals surface area contributed by atoms with Crippen molar-refractivity contribution in [2.24, 2.45) is 11.8 Å². The predicted octanol–water partition coefficient (Wildman–Crippen LogP) is 1.30. The van der Waals surface area contributed by atoms with E-state index in [1.165, 1.54) is 18.6 Å². The Morgan fingerprint density at radius 3 is 2.94 bits per heavy atom. The highest BCUT2D eigenvalue weighted by Crippen LogP contribution is 2.42. The molecule has 1 spiro atoms. The molecule has 3 N–H and O–H groups in total. The van der Waals surface area contributed by atoms with Crippen LogP contribution in [0.25, 0.3) is 0 Å². The molecule has 4 nitrogen and oxygen atoms in total. The zero-order valence-electron chi connectivity index (χ0n) is 10.9. The fourth-order valence-electron chi connectivity index (χ4n) is 3.67. The number of hydrogen-bond donors (Lipinski definition) is 2. The van der Waals surface area contributed by atoms with Crippen LogP contribution in [0.1, 0.15) is 32.1 Å². The quantitative estimate of drug-likeness (QED) is 0.599. The fraction of sp³-hybridized carbons (Fsp3) is 1.00. The lowest BCUT2D eigenvalue weighted by Crippen LogP contribution is -2.53. The van der Waals surface area contributed by atoms with Crippen molar-refractivity contribution in [2.75, 3.05) is 24.7 Å². The summed E-state index contributed by atoms with van der Waals surface area (Å²) in [6, 6.07) is 0.305. The Bertz CT molecular complexity index is 278. The van der Waals surface area contributed by atoms with Gasteiger partial charge in [0.2, 0.25) is 0 Å². The highest BCUT2D eigenvalue weighted by atomic mass is 32.2. The molecule has 3 aliphatic rings. The molecule has 5 heteroatoms. The van der Waals surface area contributed by atoms with Crippen molar-refractivity contribution >= 4 is 11.8 Å². The Morgan fingerprint density at radius 2 is 2.28 bits per heavy atom. The van der Waals surface area contributed by atoms with Gasteiger partial charge in [-0.1, -0.05) is 0 Å². The minimum Gasteiger partial charge on any atom is -0.377 e. The average molecular weight is 272 g/mol. The van der Waals surface area contributed by atoms with E-state index in [1.807, 2.05) is 11.8 Å². The van der Waals surface area contributed by atoms with E-state index in [4.69, 9.17) is 15.3 Å². The molecule has 0 aromatic heterocycles. The summed E-state index contributed by atoms with van der Waals surface area (Å²) in [6.45, 7) is 1.78. The maximum atomic E-state index is 6.08. The molecule has 0 radical (unpaired) electrons. The maximum absolute atomic E-state index is 6.08. The monoisotopic (exact) mass is 272 g/mol. The molecule has 4 unspecified atom stereocenters. The lowest BCUT2D eigenvalue weighted by atomic mass is 9.79. The molecule has 104 valence electrons. The first-order valence-corrected chi connectivity index (χ1v) is 8.28. The summed E-state index contributed by atoms with van der Waals surface area (Å²) in [6.07, 6.45) is 6.10. The summed E-state index contributed by atoms with van der Waals surface area (Å²) in [5.74, 6) is 8.80. The second kappa shape index (κ2) is 5.67. The van der Waals surface area contributed by atoms with Crippen LogP contribution in [0, 0.1) is 5.92 Å². The van der Waals surface area contributed by atoms with Gasteiger partial charge >= 0.3 is 0 Å². The summed E-state index contributed by atoms with van der Waals surface area (Å²) in [7, 11) is 0. The molecule has 0 aromatic carbocycles. The van der Waals surface area contributed by atoms with E-state index < -0.39 is 0 Å². The van der Waals surface area contributed by atoms with E-state index in [2.05, 4.69) is 5.43 Å². The van der Waals surface area contributed by atoms with E-state index in [9.17, 15) is 0 Å². The molecular weight excluding hydrogens is 248 g/mol. The second-order valence-electron chi connectivity index (χ2n) is 5.83. The summed E-state index contributed by atoms with van der Waals surface area (Å²) < 4.78 is 11.9. The third kappa shape index (κ3) is 2.56. The first kappa shape index (κ1) is 13.2. The Balaban J connectivity index is 1.66. The predicted molar refractivity (Wildman–Crippen MR) is 73.4 cm³/mol. The number of rotatable bonds is 3. The summed E-state index contributed by atoms with van der Waals surface area (Å²) in [5.41, 5.74) is 3.17. The van der Waals surface area contributed by atoms with Crippen molar-refractivity contribution in [2.45, 2.75) is 49.9 Å². The number of ether oxygens (including phenoxy) is 2. The van der Waals surface area contributed by atoms with Crippen LogP contribution in [0.2, 0.25) is 0 Å². The molecule has 18 heavy (non-hydrogen) atoms. The molecule has 3 saturated heterocycles. The summed E-state index contributed by atoms with van der Waals surface area (Å²) in [5, 5.41) is 0. The zero-order chi connectivity index (χ0) is 12.4. The Hall–Kier alpha value is 0.190. The Kier molecular flexibility index (Phi) is 4.15. The normalized spacial score (nSPS) is 42.5. The van der Waals surface area contributed by atoms with Crippen LogP contribution in [0.15, 0.2) is 0 Å². The topological polar surface area (TPSA) is 56.5 Å². The highest BCUT2D eigenvalue weighted by Gasteiger charge is 2.44. The third-order valence-electron chi connectivity index (χ3n) is 4.66. The van der Waals surface area contributed by atoms with Gasteiger partial charge in [0.05, 0.1) is 17.7 Å². The molecule has 4 atom stereocenters. The van der Waals surface area contributed by atoms with Crippen molar-refractivity contribution in [3.63, 3.8) is 0 Å². The van der Waals surface area contributed by atoms with Crippen molar-refractivity contribution < 1.29 is 9.47 Å².